The van der Waals surface area contributed by atoms with E-state index in [0.29, 0.717) is 5.56 Å². The van der Waals surface area contributed by atoms with Gasteiger partial charge in [0.15, 0.2) is 0 Å². The fourth-order valence-electron chi connectivity index (χ4n) is 1.58. The molecular weight excluding hydrogens is 246 g/mol. The highest BCUT2D eigenvalue weighted by Crippen LogP contribution is 2.29. The van der Waals surface area contributed by atoms with Crippen molar-refractivity contribution in [1.29, 1.82) is 0 Å². The first-order valence-electron chi connectivity index (χ1n) is 4.37. The molecule has 0 aromatic heterocycles. The summed E-state index contributed by atoms with van der Waals surface area (Å²) >= 11 is 3.36. The summed E-state index contributed by atoms with van der Waals surface area (Å²) in [6, 6.07) is 3.81. The van der Waals surface area contributed by atoms with E-state index in [1.165, 1.54) is 12.7 Å². The molecule has 4 heteroatoms. The zero-order valence-electron chi connectivity index (χ0n) is 7.76. The summed E-state index contributed by atoms with van der Waals surface area (Å²) in [6.45, 7) is 0.937. The van der Waals surface area contributed by atoms with Gasteiger partial charge in [-0.05, 0) is 40.0 Å². The average Bonchev–Trinajstić information content (AvgIpc) is 2.62. The number of hydrogen-bond acceptors (Lipinski definition) is 3. The number of carbonyl (C=O) groups is 1. The summed E-state index contributed by atoms with van der Waals surface area (Å²) in [5, 5.41) is 3.22. The van der Waals surface area contributed by atoms with Crippen molar-refractivity contribution in [2.24, 2.45) is 0 Å². The van der Waals surface area contributed by atoms with Crippen molar-refractivity contribution >= 4 is 27.6 Å². The monoisotopic (exact) mass is 255 g/mol. The van der Waals surface area contributed by atoms with Gasteiger partial charge >= 0.3 is 5.97 Å². The quantitative estimate of drug-likeness (QED) is 0.783. The highest BCUT2D eigenvalue weighted by atomic mass is 79.9. The largest absolute Gasteiger partial charge is 0.465 e. The molecule has 0 saturated carbocycles. The number of benzene rings is 1. The van der Waals surface area contributed by atoms with Crippen LogP contribution >= 0.6 is 15.9 Å². The van der Waals surface area contributed by atoms with E-state index in [9.17, 15) is 4.79 Å². The minimum Gasteiger partial charge on any atom is -0.465 e. The predicted octanol–water partition coefficient (Wildman–Crippen LogP) is 2.20. The smallest absolute Gasteiger partial charge is 0.339 e. The highest BCUT2D eigenvalue weighted by molar-refractivity contribution is 9.10. The molecule has 1 heterocycles. The Morgan fingerprint density at radius 1 is 1.57 bits per heavy atom. The number of rotatable bonds is 1. The molecule has 2 rings (SSSR count). The van der Waals surface area contributed by atoms with Gasteiger partial charge in [0.05, 0.1) is 12.7 Å². The van der Waals surface area contributed by atoms with Crippen molar-refractivity contribution in [3.05, 3.63) is 27.7 Å². The zero-order chi connectivity index (χ0) is 10.1. The molecule has 0 atom stereocenters. The van der Waals surface area contributed by atoms with Crippen LogP contribution in [0.4, 0.5) is 5.69 Å². The van der Waals surface area contributed by atoms with Crippen LogP contribution in [0.1, 0.15) is 15.9 Å². The molecule has 0 aliphatic carbocycles. The fraction of sp³-hybridized carbons (Fsp3) is 0.300. The van der Waals surface area contributed by atoms with Crippen molar-refractivity contribution in [3.8, 4) is 0 Å². The summed E-state index contributed by atoms with van der Waals surface area (Å²) < 4.78 is 5.48. The Labute approximate surface area is 90.6 Å². The molecule has 1 N–H and O–H groups in total. The molecule has 74 valence electrons. The number of fused-ring (bicyclic) bond motifs is 1. The lowest BCUT2D eigenvalue weighted by Gasteiger charge is -2.06. The van der Waals surface area contributed by atoms with Crippen LogP contribution in [0.3, 0.4) is 0 Å². The Hall–Kier alpha value is -1.03. The molecule has 0 amide bonds. The van der Waals surface area contributed by atoms with E-state index in [1.807, 2.05) is 12.1 Å². The number of esters is 1. The van der Waals surface area contributed by atoms with Crippen molar-refractivity contribution in [2.45, 2.75) is 6.42 Å². The number of halogens is 1. The van der Waals surface area contributed by atoms with Crippen molar-refractivity contribution in [3.63, 3.8) is 0 Å². The van der Waals surface area contributed by atoms with Crippen LogP contribution in [-0.2, 0) is 11.2 Å². The molecule has 1 aliphatic rings. The average molecular weight is 256 g/mol. The standard InChI is InChI=1S/C10H10BrNO2/c1-14-10(13)7-5-9-6(2-3-12-9)4-8(7)11/h4-5,12H,2-3H2,1H3. The van der Waals surface area contributed by atoms with Gasteiger partial charge < -0.3 is 10.1 Å². The molecule has 0 bridgehead atoms. The van der Waals surface area contributed by atoms with E-state index in [2.05, 4.69) is 26.0 Å². The molecule has 14 heavy (non-hydrogen) atoms. The van der Waals surface area contributed by atoms with Crippen LogP contribution in [0.2, 0.25) is 0 Å². The lowest BCUT2D eigenvalue weighted by Crippen LogP contribution is -2.03. The molecule has 0 unspecified atom stereocenters. The molecule has 1 aromatic rings. The SMILES string of the molecule is COC(=O)c1cc2c(cc1Br)CCN2. The van der Waals surface area contributed by atoms with Gasteiger partial charge in [-0.15, -0.1) is 0 Å². The molecule has 3 nitrogen and oxygen atoms in total. The number of carbonyl (C=O) groups excluding carboxylic acids is 1. The summed E-state index contributed by atoms with van der Waals surface area (Å²) in [5.41, 5.74) is 2.85. The second-order valence-electron chi connectivity index (χ2n) is 3.16. The topological polar surface area (TPSA) is 38.3 Å². The van der Waals surface area contributed by atoms with E-state index in [1.54, 1.807) is 0 Å². The predicted molar refractivity (Wildman–Crippen MR) is 57.7 cm³/mol. The van der Waals surface area contributed by atoms with Gasteiger partial charge in [-0.1, -0.05) is 0 Å². The Morgan fingerprint density at radius 2 is 2.36 bits per heavy atom. The molecule has 0 fully saturated rings. The summed E-state index contributed by atoms with van der Waals surface area (Å²) in [6.07, 6.45) is 1.01. The number of methoxy groups -OCH3 is 1. The van der Waals surface area contributed by atoms with Crippen LogP contribution in [0.5, 0.6) is 0 Å². The first-order chi connectivity index (χ1) is 6.72. The Morgan fingerprint density at radius 3 is 3.07 bits per heavy atom. The van der Waals surface area contributed by atoms with Crippen molar-refractivity contribution in [2.75, 3.05) is 19.0 Å². The number of hydrogen-bond donors (Lipinski definition) is 1. The van der Waals surface area contributed by atoms with Gasteiger partial charge in [-0.2, -0.15) is 0 Å². The number of ether oxygens (including phenoxy) is 1. The van der Waals surface area contributed by atoms with Gasteiger partial charge in [0.1, 0.15) is 0 Å². The Balaban J connectivity index is 2.47. The van der Waals surface area contributed by atoms with Crippen LogP contribution in [0.15, 0.2) is 16.6 Å². The van der Waals surface area contributed by atoms with Crippen LogP contribution in [0.25, 0.3) is 0 Å². The third-order valence-electron chi connectivity index (χ3n) is 2.31. The minimum atomic E-state index is -0.312. The van der Waals surface area contributed by atoms with Gasteiger partial charge in [-0.3, -0.25) is 0 Å². The van der Waals surface area contributed by atoms with Crippen LogP contribution in [0, 0.1) is 0 Å². The molecule has 0 spiro atoms. The van der Waals surface area contributed by atoms with Gasteiger partial charge in [-0.25, -0.2) is 4.79 Å². The third kappa shape index (κ3) is 1.50. The van der Waals surface area contributed by atoms with E-state index in [4.69, 9.17) is 0 Å². The van der Waals surface area contributed by atoms with Crippen LogP contribution < -0.4 is 5.32 Å². The molecule has 1 aromatic carbocycles. The number of nitrogens with one attached hydrogen (secondary N) is 1. The van der Waals surface area contributed by atoms with Gasteiger partial charge in [0.2, 0.25) is 0 Å². The normalized spacial score (nSPS) is 13.3. The lowest BCUT2D eigenvalue weighted by atomic mass is 10.1. The first kappa shape index (κ1) is 9.52. The van der Waals surface area contributed by atoms with Crippen molar-refractivity contribution < 1.29 is 9.53 Å². The minimum absolute atomic E-state index is 0.312. The Bertz CT molecular complexity index is 390. The second kappa shape index (κ2) is 3.61. The van der Waals surface area contributed by atoms with Crippen molar-refractivity contribution in [1.82, 2.24) is 0 Å². The van der Waals surface area contributed by atoms with E-state index in [0.717, 1.165) is 23.1 Å². The highest BCUT2D eigenvalue weighted by Gasteiger charge is 2.17. The van der Waals surface area contributed by atoms with E-state index < -0.39 is 0 Å². The van der Waals surface area contributed by atoms with Gasteiger partial charge in [0.25, 0.3) is 0 Å². The molecule has 0 saturated heterocycles. The van der Waals surface area contributed by atoms with Gasteiger partial charge in [0, 0.05) is 16.7 Å². The maximum absolute atomic E-state index is 11.4. The lowest BCUT2D eigenvalue weighted by molar-refractivity contribution is 0.0600. The summed E-state index contributed by atoms with van der Waals surface area (Å²) in [4.78, 5) is 11.4. The Kier molecular flexibility index (Phi) is 2.46. The third-order valence-corrected chi connectivity index (χ3v) is 2.96. The summed E-state index contributed by atoms with van der Waals surface area (Å²) in [5.74, 6) is -0.312. The zero-order valence-corrected chi connectivity index (χ0v) is 9.35. The summed E-state index contributed by atoms with van der Waals surface area (Å²) in [7, 11) is 1.38. The van der Waals surface area contributed by atoms with Crippen LogP contribution in [-0.4, -0.2) is 19.6 Å². The fourth-order valence-corrected chi connectivity index (χ4v) is 2.14. The maximum Gasteiger partial charge on any atom is 0.339 e. The first-order valence-corrected chi connectivity index (χ1v) is 5.16. The van der Waals surface area contributed by atoms with E-state index in [-0.39, 0.29) is 5.97 Å². The molecular formula is C10H10BrNO2. The maximum atomic E-state index is 11.4. The number of anilines is 1. The second-order valence-corrected chi connectivity index (χ2v) is 4.01. The van der Waals surface area contributed by atoms with E-state index >= 15 is 0 Å². The molecule has 1 aliphatic heterocycles. The molecule has 0 radical (unpaired) electrons.